The van der Waals surface area contributed by atoms with E-state index < -0.39 is 5.60 Å². The van der Waals surface area contributed by atoms with Crippen molar-refractivity contribution in [1.82, 2.24) is 5.32 Å². The third-order valence-electron chi connectivity index (χ3n) is 6.95. The van der Waals surface area contributed by atoms with Crippen LogP contribution in [-0.4, -0.2) is 50.0 Å². The molecule has 3 heterocycles. The third-order valence-corrected chi connectivity index (χ3v) is 7.33. The van der Waals surface area contributed by atoms with Gasteiger partial charge in [-0.25, -0.2) is 4.79 Å². The number of anilines is 1. The molecule has 1 aromatic carbocycles. The molecule has 4 atom stereocenters. The van der Waals surface area contributed by atoms with Crippen molar-refractivity contribution in [2.75, 3.05) is 19.1 Å². The quantitative estimate of drug-likeness (QED) is 0.565. The van der Waals surface area contributed by atoms with Crippen molar-refractivity contribution < 1.29 is 23.8 Å². The molecule has 34 heavy (non-hydrogen) atoms. The molecule has 0 spiro atoms. The third kappa shape index (κ3) is 5.58. The van der Waals surface area contributed by atoms with Gasteiger partial charge in [0, 0.05) is 32.4 Å². The van der Waals surface area contributed by atoms with Crippen LogP contribution in [0.15, 0.2) is 35.9 Å². The number of carbonyl (C=O) groups is 2. The fourth-order valence-electron chi connectivity index (χ4n) is 4.77. The number of nitrogens with zero attached hydrogens (tertiary/aromatic N) is 1. The molecule has 2 amide bonds. The van der Waals surface area contributed by atoms with Crippen molar-refractivity contribution >= 4 is 29.3 Å². The molecule has 0 aromatic heterocycles. The number of halogens is 1. The number of methoxy groups -OCH3 is 1. The number of allylic oxidation sites excluding steroid dienone is 3. The predicted octanol–water partition coefficient (Wildman–Crippen LogP) is 4.96. The lowest BCUT2D eigenvalue weighted by Gasteiger charge is -2.29. The zero-order valence-electron chi connectivity index (χ0n) is 20.2. The van der Waals surface area contributed by atoms with E-state index in [-0.39, 0.29) is 30.3 Å². The number of nitrogens with one attached hydrogen (secondary N) is 1. The zero-order valence-corrected chi connectivity index (χ0v) is 21.0. The largest absolute Gasteiger partial charge is 0.495 e. The minimum absolute atomic E-state index is 0.0293. The van der Waals surface area contributed by atoms with Crippen LogP contribution in [0.3, 0.4) is 0 Å². The number of epoxide rings is 1. The molecule has 8 heteroatoms. The maximum Gasteiger partial charge on any atom is 0.407 e. The standard InChI is InChI=1S/C26H33ClN2O5/c1-16-7-5-6-8-18-14-19(33-25(31)28-18)15-22-26(2,34-22)10-9-23(30)29(3)20-12-17(11-16)13-21(32-4)24(20)27/h5-7,12-13,18-19,22H,8-11,14-15H2,1-4H3,(H,28,31)/b6-5+,16-7+/t18?,19?,22?,26-/m0/s1. The van der Waals surface area contributed by atoms with Gasteiger partial charge < -0.3 is 24.4 Å². The normalized spacial score (nSPS) is 32.6. The van der Waals surface area contributed by atoms with Crippen LogP contribution in [0.25, 0.3) is 0 Å². The Hall–Kier alpha value is -2.51. The smallest absolute Gasteiger partial charge is 0.407 e. The summed E-state index contributed by atoms with van der Waals surface area (Å²) in [6, 6.07) is 3.89. The van der Waals surface area contributed by atoms with E-state index >= 15 is 0 Å². The van der Waals surface area contributed by atoms with Crippen molar-refractivity contribution in [1.29, 1.82) is 0 Å². The molecule has 2 saturated heterocycles. The lowest BCUT2D eigenvalue weighted by Crippen LogP contribution is -2.45. The zero-order chi connectivity index (χ0) is 24.5. The Labute approximate surface area is 206 Å². The Morgan fingerprint density at radius 3 is 2.82 bits per heavy atom. The Bertz CT molecular complexity index is 1020. The van der Waals surface area contributed by atoms with Crippen LogP contribution in [0.4, 0.5) is 10.5 Å². The van der Waals surface area contributed by atoms with Crippen LogP contribution in [0.5, 0.6) is 5.75 Å². The Morgan fingerprint density at radius 2 is 2.06 bits per heavy atom. The molecule has 0 aliphatic carbocycles. The number of hydrogen-bond donors (Lipinski definition) is 1. The van der Waals surface area contributed by atoms with Gasteiger partial charge in [0.25, 0.3) is 0 Å². The van der Waals surface area contributed by atoms with Gasteiger partial charge in [0.05, 0.1) is 24.5 Å². The summed E-state index contributed by atoms with van der Waals surface area (Å²) in [5, 5.41) is 3.33. The van der Waals surface area contributed by atoms with Gasteiger partial charge >= 0.3 is 6.09 Å². The molecular formula is C26H33ClN2O5. The van der Waals surface area contributed by atoms with E-state index in [1.54, 1.807) is 19.1 Å². The van der Waals surface area contributed by atoms with Gasteiger partial charge in [-0.05, 0) is 50.8 Å². The van der Waals surface area contributed by atoms with Crippen molar-refractivity contribution in [3.63, 3.8) is 0 Å². The van der Waals surface area contributed by atoms with E-state index in [0.29, 0.717) is 42.1 Å². The summed E-state index contributed by atoms with van der Waals surface area (Å²) < 4.78 is 17.0. The highest BCUT2D eigenvalue weighted by Gasteiger charge is 2.53. The minimum atomic E-state index is -0.392. The van der Waals surface area contributed by atoms with Crippen molar-refractivity contribution in [3.05, 3.63) is 46.5 Å². The van der Waals surface area contributed by atoms with Gasteiger partial charge in [0.15, 0.2) is 0 Å². The molecule has 4 rings (SSSR count). The molecule has 3 aliphatic rings. The molecule has 3 aliphatic heterocycles. The highest BCUT2D eigenvalue weighted by molar-refractivity contribution is 6.35. The number of benzene rings is 1. The van der Waals surface area contributed by atoms with Gasteiger partial charge in [0.1, 0.15) is 16.9 Å². The van der Waals surface area contributed by atoms with Crippen LogP contribution < -0.4 is 15.0 Å². The van der Waals surface area contributed by atoms with Crippen LogP contribution in [0.1, 0.15) is 51.5 Å². The van der Waals surface area contributed by atoms with Crippen molar-refractivity contribution in [2.45, 2.75) is 76.2 Å². The maximum atomic E-state index is 13.1. The van der Waals surface area contributed by atoms with Crippen LogP contribution in [-0.2, 0) is 20.7 Å². The van der Waals surface area contributed by atoms with E-state index in [1.165, 1.54) is 0 Å². The monoisotopic (exact) mass is 488 g/mol. The summed E-state index contributed by atoms with van der Waals surface area (Å²) in [5.41, 5.74) is 2.40. The molecule has 0 saturated carbocycles. The van der Waals surface area contributed by atoms with Gasteiger partial charge in [-0.15, -0.1) is 0 Å². The maximum absolute atomic E-state index is 13.1. The van der Waals surface area contributed by atoms with E-state index in [1.807, 2.05) is 25.1 Å². The van der Waals surface area contributed by atoms with Crippen LogP contribution >= 0.6 is 11.6 Å². The van der Waals surface area contributed by atoms with Crippen molar-refractivity contribution in [3.8, 4) is 5.75 Å². The molecule has 1 aromatic rings. The van der Waals surface area contributed by atoms with E-state index in [0.717, 1.165) is 24.0 Å². The van der Waals surface area contributed by atoms with Gasteiger partial charge in [-0.3, -0.25) is 4.79 Å². The topological polar surface area (TPSA) is 80.4 Å². The molecule has 4 bridgehead atoms. The lowest BCUT2D eigenvalue weighted by atomic mass is 9.94. The Morgan fingerprint density at radius 1 is 1.26 bits per heavy atom. The summed E-state index contributed by atoms with van der Waals surface area (Å²) in [6.45, 7) is 4.07. The van der Waals surface area contributed by atoms with Gasteiger partial charge in [-0.2, -0.15) is 0 Å². The average Bonchev–Trinajstić information content (AvgIpc) is 3.43. The van der Waals surface area contributed by atoms with E-state index in [2.05, 4.69) is 24.4 Å². The summed E-state index contributed by atoms with van der Waals surface area (Å²) in [5.74, 6) is 0.502. The summed E-state index contributed by atoms with van der Waals surface area (Å²) in [6.07, 6.45) is 9.26. The van der Waals surface area contributed by atoms with Gasteiger partial charge in [0.2, 0.25) is 5.91 Å². The van der Waals surface area contributed by atoms with Gasteiger partial charge in [-0.1, -0.05) is 35.4 Å². The second kappa shape index (κ2) is 10.0. The first-order chi connectivity index (χ1) is 16.2. The summed E-state index contributed by atoms with van der Waals surface area (Å²) in [7, 11) is 3.32. The SMILES string of the molecule is COc1cc2cc(c1Cl)N(C)C(=O)CC[C@]1(C)OC1CC1CC(C/C=C/C=C(\C)C2)NC(=O)O1. The first-order valence-electron chi connectivity index (χ1n) is 11.8. The van der Waals surface area contributed by atoms with Crippen LogP contribution in [0, 0.1) is 0 Å². The number of amides is 2. The second-order valence-electron chi connectivity index (χ2n) is 9.70. The number of carbonyl (C=O) groups excluding carboxylic acids is 2. The molecule has 2 fully saturated rings. The first-order valence-corrected chi connectivity index (χ1v) is 12.2. The minimum Gasteiger partial charge on any atom is -0.495 e. The average molecular weight is 489 g/mol. The predicted molar refractivity (Wildman–Crippen MR) is 132 cm³/mol. The number of fused-ring (bicyclic) bond motifs is 5. The second-order valence-corrected chi connectivity index (χ2v) is 10.1. The summed E-state index contributed by atoms with van der Waals surface area (Å²) >= 11 is 6.58. The Kier molecular flexibility index (Phi) is 7.24. The first kappa shape index (κ1) is 24.6. The Balaban J connectivity index is 1.61. The molecular weight excluding hydrogens is 456 g/mol. The van der Waals surface area contributed by atoms with E-state index in [9.17, 15) is 9.59 Å². The number of alkyl carbamates (subject to hydrolysis) is 1. The molecule has 1 N–H and O–H groups in total. The van der Waals surface area contributed by atoms with E-state index in [4.69, 9.17) is 25.8 Å². The molecule has 3 unspecified atom stereocenters. The highest BCUT2D eigenvalue weighted by Crippen LogP contribution is 2.44. The number of ether oxygens (including phenoxy) is 3. The highest BCUT2D eigenvalue weighted by atomic mass is 35.5. The summed E-state index contributed by atoms with van der Waals surface area (Å²) in [4.78, 5) is 26.7. The van der Waals surface area contributed by atoms with Crippen LogP contribution in [0.2, 0.25) is 5.02 Å². The molecule has 7 nitrogen and oxygen atoms in total. The fourth-order valence-corrected chi connectivity index (χ4v) is 5.08. The lowest BCUT2D eigenvalue weighted by molar-refractivity contribution is -0.118. The number of hydrogen-bond acceptors (Lipinski definition) is 5. The molecule has 184 valence electrons. The molecule has 0 radical (unpaired) electrons. The fraction of sp³-hybridized carbons (Fsp3) is 0.538. The van der Waals surface area contributed by atoms with Crippen molar-refractivity contribution in [2.24, 2.45) is 0 Å². The number of rotatable bonds is 1.